The maximum atomic E-state index is 5.86. The average molecular weight is 235 g/mol. The van der Waals surface area contributed by atoms with Crippen molar-refractivity contribution < 1.29 is 9.47 Å². The summed E-state index contributed by atoms with van der Waals surface area (Å²) in [5.74, 6) is 0.789. The monoisotopic (exact) mass is 235 g/mol. The van der Waals surface area contributed by atoms with Gasteiger partial charge in [-0.3, -0.25) is 0 Å². The number of nitrogens with zero attached hydrogens (tertiary/aromatic N) is 3. The standard InChI is InChI=1S/C12H17N3O2/c1-2-7-16-11(4-1)17-10-8-15(9-10)12-13-5-3-6-14-12/h3,5-6,10-11H,1-2,4,7-9H2. The Morgan fingerprint density at radius 2 is 2.06 bits per heavy atom. The third-order valence-corrected chi connectivity index (χ3v) is 3.17. The molecule has 0 amide bonds. The molecular weight excluding hydrogens is 218 g/mol. The Bertz CT molecular complexity index is 348. The summed E-state index contributed by atoms with van der Waals surface area (Å²) in [4.78, 5) is 10.5. The third kappa shape index (κ3) is 2.56. The molecular formula is C12H17N3O2. The third-order valence-electron chi connectivity index (χ3n) is 3.17. The summed E-state index contributed by atoms with van der Waals surface area (Å²) >= 11 is 0. The van der Waals surface area contributed by atoms with Crippen molar-refractivity contribution in [3.63, 3.8) is 0 Å². The highest BCUT2D eigenvalue weighted by atomic mass is 16.7. The van der Waals surface area contributed by atoms with Gasteiger partial charge < -0.3 is 14.4 Å². The van der Waals surface area contributed by atoms with Gasteiger partial charge in [-0.2, -0.15) is 0 Å². The maximum absolute atomic E-state index is 5.86. The lowest BCUT2D eigenvalue weighted by molar-refractivity contribution is -0.192. The summed E-state index contributed by atoms with van der Waals surface area (Å²) in [5.41, 5.74) is 0. The Morgan fingerprint density at radius 3 is 2.76 bits per heavy atom. The molecule has 3 heterocycles. The Balaban J connectivity index is 1.45. The quantitative estimate of drug-likeness (QED) is 0.788. The van der Waals surface area contributed by atoms with Gasteiger partial charge in [-0.15, -0.1) is 0 Å². The van der Waals surface area contributed by atoms with Crippen molar-refractivity contribution >= 4 is 5.95 Å². The van der Waals surface area contributed by atoms with Crippen molar-refractivity contribution in [2.45, 2.75) is 31.7 Å². The first-order valence-electron chi connectivity index (χ1n) is 6.21. The molecule has 0 aromatic carbocycles. The van der Waals surface area contributed by atoms with E-state index in [0.29, 0.717) is 0 Å². The average Bonchev–Trinajstić information content (AvgIpc) is 2.36. The Labute approximate surface area is 101 Å². The van der Waals surface area contributed by atoms with Crippen LogP contribution in [0, 0.1) is 0 Å². The molecule has 0 saturated carbocycles. The summed E-state index contributed by atoms with van der Waals surface area (Å²) < 4.78 is 11.4. The molecule has 92 valence electrons. The maximum Gasteiger partial charge on any atom is 0.225 e. The van der Waals surface area contributed by atoms with E-state index >= 15 is 0 Å². The molecule has 0 N–H and O–H groups in total. The van der Waals surface area contributed by atoms with E-state index in [1.807, 2.05) is 6.07 Å². The van der Waals surface area contributed by atoms with E-state index in [0.717, 1.165) is 38.5 Å². The minimum atomic E-state index is 0.00703. The molecule has 0 spiro atoms. The van der Waals surface area contributed by atoms with E-state index < -0.39 is 0 Å². The van der Waals surface area contributed by atoms with Gasteiger partial charge in [-0.1, -0.05) is 0 Å². The summed E-state index contributed by atoms with van der Waals surface area (Å²) in [7, 11) is 0. The number of hydrogen-bond donors (Lipinski definition) is 0. The van der Waals surface area contributed by atoms with E-state index in [1.165, 1.54) is 6.42 Å². The van der Waals surface area contributed by atoms with Gasteiger partial charge in [0.05, 0.1) is 6.10 Å². The van der Waals surface area contributed by atoms with Crippen LogP contribution in [0.1, 0.15) is 19.3 Å². The largest absolute Gasteiger partial charge is 0.353 e. The van der Waals surface area contributed by atoms with Gasteiger partial charge in [-0.05, 0) is 25.3 Å². The van der Waals surface area contributed by atoms with Crippen molar-refractivity contribution in [3.8, 4) is 0 Å². The number of rotatable bonds is 3. The van der Waals surface area contributed by atoms with Crippen LogP contribution in [0.15, 0.2) is 18.5 Å². The second-order valence-corrected chi connectivity index (χ2v) is 4.51. The Morgan fingerprint density at radius 1 is 1.24 bits per heavy atom. The SMILES string of the molecule is c1cnc(N2CC(OC3CCCCO3)C2)nc1. The fraction of sp³-hybridized carbons (Fsp3) is 0.667. The predicted molar refractivity (Wildman–Crippen MR) is 62.7 cm³/mol. The van der Waals surface area contributed by atoms with Crippen molar-refractivity contribution in [2.24, 2.45) is 0 Å². The zero-order chi connectivity index (χ0) is 11.5. The molecule has 2 aliphatic rings. The van der Waals surface area contributed by atoms with Crippen LogP contribution in [-0.4, -0.2) is 42.1 Å². The van der Waals surface area contributed by atoms with Gasteiger partial charge in [0.1, 0.15) is 0 Å². The summed E-state index contributed by atoms with van der Waals surface area (Å²) in [6.07, 6.45) is 7.20. The van der Waals surface area contributed by atoms with Crippen LogP contribution in [0.25, 0.3) is 0 Å². The molecule has 1 atom stereocenters. The number of anilines is 1. The first-order valence-corrected chi connectivity index (χ1v) is 6.21. The van der Waals surface area contributed by atoms with E-state index in [9.17, 15) is 0 Å². The first-order chi connectivity index (χ1) is 8.42. The molecule has 5 heteroatoms. The minimum Gasteiger partial charge on any atom is -0.353 e. The van der Waals surface area contributed by atoms with Gasteiger partial charge >= 0.3 is 0 Å². The van der Waals surface area contributed by atoms with Crippen molar-refractivity contribution in [1.29, 1.82) is 0 Å². The van der Waals surface area contributed by atoms with Crippen LogP contribution in [-0.2, 0) is 9.47 Å². The van der Waals surface area contributed by atoms with Crippen molar-refractivity contribution in [3.05, 3.63) is 18.5 Å². The molecule has 0 aliphatic carbocycles. The van der Waals surface area contributed by atoms with Crippen molar-refractivity contribution in [2.75, 3.05) is 24.6 Å². The van der Waals surface area contributed by atoms with Crippen LogP contribution < -0.4 is 4.90 Å². The highest BCUT2D eigenvalue weighted by Crippen LogP contribution is 2.22. The van der Waals surface area contributed by atoms with E-state index in [-0.39, 0.29) is 12.4 Å². The van der Waals surface area contributed by atoms with Crippen LogP contribution >= 0.6 is 0 Å². The zero-order valence-corrected chi connectivity index (χ0v) is 9.79. The molecule has 3 rings (SSSR count). The predicted octanol–water partition coefficient (Wildman–Crippen LogP) is 1.21. The van der Waals surface area contributed by atoms with Crippen LogP contribution in [0.5, 0.6) is 0 Å². The molecule has 17 heavy (non-hydrogen) atoms. The molecule has 0 bridgehead atoms. The summed E-state index contributed by atoms with van der Waals surface area (Å²) in [5, 5.41) is 0. The molecule has 5 nitrogen and oxygen atoms in total. The van der Waals surface area contributed by atoms with E-state index in [2.05, 4.69) is 14.9 Å². The highest BCUT2D eigenvalue weighted by Gasteiger charge is 2.32. The molecule has 2 saturated heterocycles. The highest BCUT2D eigenvalue weighted by molar-refractivity contribution is 5.33. The molecule has 1 aromatic heterocycles. The van der Waals surface area contributed by atoms with Gasteiger partial charge in [0, 0.05) is 32.1 Å². The number of aromatic nitrogens is 2. The molecule has 0 radical (unpaired) electrons. The zero-order valence-electron chi connectivity index (χ0n) is 9.79. The van der Waals surface area contributed by atoms with Gasteiger partial charge in [-0.25, -0.2) is 9.97 Å². The van der Waals surface area contributed by atoms with Gasteiger partial charge in [0.15, 0.2) is 6.29 Å². The molecule has 1 aromatic rings. The van der Waals surface area contributed by atoms with Crippen LogP contribution in [0.3, 0.4) is 0 Å². The second-order valence-electron chi connectivity index (χ2n) is 4.51. The minimum absolute atomic E-state index is 0.00703. The van der Waals surface area contributed by atoms with E-state index in [4.69, 9.17) is 9.47 Å². The molecule has 2 aliphatic heterocycles. The lowest BCUT2D eigenvalue weighted by Crippen LogP contribution is -2.54. The summed E-state index contributed by atoms with van der Waals surface area (Å²) in [6.45, 7) is 2.57. The topological polar surface area (TPSA) is 47.5 Å². The molecule has 1 unspecified atom stereocenters. The van der Waals surface area contributed by atoms with Crippen LogP contribution in [0.4, 0.5) is 5.95 Å². The normalized spacial score (nSPS) is 25.6. The lowest BCUT2D eigenvalue weighted by Gasteiger charge is -2.40. The Kier molecular flexibility index (Phi) is 3.20. The molecule has 2 fully saturated rings. The smallest absolute Gasteiger partial charge is 0.225 e. The van der Waals surface area contributed by atoms with Crippen LogP contribution in [0.2, 0.25) is 0 Å². The Hall–Kier alpha value is -1.20. The fourth-order valence-electron chi connectivity index (χ4n) is 2.18. The van der Waals surface area contributed by atoms with Crippen molar-refractivity contribution in [1.82, 2.24) is 9.97 Å². The lowest BCUT2D eigenvalue weighted by atomic mass is 10.1. The number of ether oxygens (including phenoxy) is 2. The van der Waals surface area contributed by atoms with Gasteiger partial charge in [0.2, 0.25) is 5.95 Å². The first kappa shape index (κ1) is 10.9. The fourth-order valence-corrected chi connectivity index (χ4v) is 2.18. The van der Waals surface area contributed by atoms with E-state index in [1.54, 1.807) is 12.4 Å². The second kappa shape index (κ2) is 4.98. The van der Waals surface area contributed by atoms with Gasteiger partial charge in [0.25, 0.3) is 0 Å². The summed E-state index contributed by atoms with van der Waals surface area (Å²) in [6, 6.07) is 1.83. The number of hydrogen-bond acceptors (Lipinski definition) is 5.